The third kappa shape index (κ3) is 4.72. The summed E-state index contributed by atoms with van der Waals surface area (Å²) in [5.41, 5.74) is 5.40. The Hall–Kier alpha value is -0.560. The van der Waals surface area contributed by atoms with E-state index in [1.807, 2.05) is 13.8 Å². The molecule has 1 unspecified atom stereocenters. The Morgan fingerprint density at radius 2 is 1.91 bits per heavy atom. The minimum absolute atomic E-state index is 0. The van der Waals surface area contributed by atoms with Gasteiger partial charge in [-0.3, -0.25) is 4.90 Å². The van der Waals surface area contributed by atoms with Crippen LogP contribution in [0.25, 0.3) is 0 Å². The molecule has 2 heterocycles. The summed E-state index contributed by atoms with van der Waals surface area (Å²) in [5, 5.41) is 8.23. The van der Waals surface area contributed by atoms with E-state index in [2.05, 4.69) is 40.8 Å². The zero-order valence-corrected chi connectivity index (χ0v) is 15.7. The number of halogens is 2. The lowest BCUT2D eigenvalue weighted by Gasteiger charge is -2.42. The Labute approximate surface area is 145 Å². The second-order valence-corrected chi connectivity index (χ2v) is 6.45. The predicted octanol–water partition coefficient (Wildman–Crippen LogP) is 2.42. The maximum absolute atomic E-state index is 5.99. The molecule has 0 aliphatic carbocycles. The second kappa shape index (κ2) is 8.34. The summed E-state index contributed by atoms with van der Waals surface area (Å²) in [5.74, 6) is 0.492. The molecule has 0 amide bonds. The molecule has 1 fully saturated rings. The first-order chi connectivity index (χ1) is 9.32. The number of anilines is 1. The van der Waals surface area contributed by atoms with Gasteiger partial charge in [-0.05, 0) is 34.1 Å². The van der Waals surface area contributed by atoms with E-state index in [1.165, 1.54) is 0 Å². The van der Waals surface area contributed by atoms with Crippen molar-refractivity contribution in [2.24, 2.45) is 5.73 Å². The van der Waals surface area contributed by atoms with Crippen LogP contribution in [-0.2, 0) is 5.54 Å². The fraction of sp³-hybridized carbons (Fsp3) is 0.857. The highest BCUT2D eigenvalue weighted by Crippen LogP contribution is 2.23. The van der Waals surface area contributed by atoms with E-state index in [0.29, 0.717) is 24.0 Å². The lowest BCUT2D eigenvalue weighted by Crippen LogP contribution is -2.55. The molecule has 0 aromatic carbocycles. The first-order valence-corrected chi connectivity index (χ1v) is 7.46. The van der Waals surface area contributed by atoms with Crippen LogP contribution in [0, 0.1) is 0 Å². The number of hydrogen-bond acceptors (Lipinski definition) is 6. The Bertz CT molecular complexity index is 447. The van der Waals surface area contributed by atoms with Crippen LogP contribution in [0.15, 0.2) is 4.42 Å². The first-order valence-electron chi connectivity index (χ1n) is 7.46. The van der Waals surface area contributed by atoms with Gasteiger partial charge >= 0.3 is 6.01 Å². The molecule has 0 saturated carbocycles. The zero-order chi connectivity index (χ0) is 14.9. The maximum Gasteiger partial charge on any atom is 0.318 e. The summed E-state index contributed by atoms with van der Waals surface area (Å²) < 4.78 is 5.74. The van der Waals surface area contributed by atoms with Crippen molar-refractivity contribution in [1.29, 1.82) is 0 Å². The summed E-state index contributed by atoms with van der Waals surface area (Å²) in [6.45, 7) is 13.3. The molecule has 0 bridgehead atoms. The van der Waals surface area contributed by atoms with Gasteiger partial charge in [0, 0.05) is 31.7 Å². The molecule has 1 aliphatic rings. The van der Waals surface area contributed by atoms with Crippen LogP contribution in [0.3, 0.4) is 0 Å². The van der Waals surface area contributed by atoms with Crippen molar-refractivity contribution < 1.29 is 4.42 Å². The normalized spacial score (nSPS) is 19.8. The van der Waals surface area contributed by atoms with E-state index in [4.69, 9.17) is 10.2 Å². The molecule has 22 heavy (non-hydrogen) atoms. The topological polar surface area (TPSA) is 71.4 Å². The van der Waals surface area contributed by atoms with Crippen LogP contribution in [0.2, 0.25) is 0 Å². The van der Waals surface area contributed by atoms with Crippen LogP contribution < -0.4 is 10.6 Å². The number of rotatable bonds is 4. The molecule has 1 aliphatic heterocycles. The van der Waals surface area contributed by atoms with Crippen molar-refractivity contribution in [2.75, 3.05) is 24.5 Å². The number of nitrogens with two attached hydrogens (primary N) is 1. The van der Waals surface area contributed by atoms with E-state index in [1.54, 1.807) is 0 Å². The molecule has 0 spiro atoms. The molecule has 2 N–H and O–H groups in total. The van der Waals surface area contributed by atoms with Gasteiger partial charge in [0.15, 0.2) is 0 Å². The van der Waals surface area contributed by atoms with Gasteiger partial charge < -0.3 is 15.1 Å². The van der Waals surface area contributed by atoms with E-state index in [0.717, 1.165) is 26.1 Å². The van der Waals surface area contributed by atoms with E-state index < -0.39 is 5.54 Å². The van der Waals surface area contributed by atoms with E-state index >= 15 is 0 Å². The zero-order valence-electron chi connectivity index (χ0n) is 14.1. The summed E-state index contributed by atoms with van der Waals surface area (Å²) >= 11 is 0. The summed E-state index contributed by atoms with van der Waals surface area (Å²) in [6, 6.07) is 1.70. The minimum Gasteiger partial charge on any atom is -0.406 e. The molecule has 0 radical (unpaired) electrons. The van der Waals surface area contributed by atoms with Gasteiger partial charge in [0.05, 0.1) is 5.54 Å². The van der Waals surface area contributed by atoms with Crippen LogP contribution >= 0.6 is 24.8 Å². The van der Waals surface area contributed by atoms with Crippen LogP contribution in [0.4, 0.5) is 6.01 Å². The first kappa shape index (κ1) is 21.4. The fourth-order valence-corrected chi connectivity index (χ4v) is 2.69. The molecule has 1 atom stereocenters. The van der Waals surface area contributed by atoms with Gasteiger partial charge in [0.25, 0.3) is 0 Å². The number of piperazine rings is 1. The average molecular weight is 354 g/mol. The number of nitrogens with zero attached hydrogens (tertiary/aromatic N) is 4. The highest BCUT2D eigenvalue weighted by molar-refractivity contribution is 5.85. The van der Waals surface area contributed by atoms with E-state index in [9.17, 15) is 0 Å². The van der Waals surface area contributed by atoms with Gasteiger partial charge in [-0.25, -0.2) is 0 Å². The van der Waals surface area contributed by atoms with Gasteiger partial charge in [-0.1, -0.05) is 12.0 Å². The Morgan fingerprint density at radius 1 is 1.27 bits per heavy atom. The van der Waals surface area contributed by atoms with Crippen molar-refractivity contribution >= 4 is 30.8 Å². The summed E-state index contributed by atoms with van der Waals surface area (Å²) in [4.78, 5) is 4.72. The molecule has 1 aromatic rings. The van der Waals surface area contributed by atoms with Crippen molar-refractivity contribution in [2.45, 2.75) is 58.7 Å². The fourth-order valence-electron chi connectivity index (χ4n) is 2.69. The number of aromatic nitrogens is 2. The highest BCUT2D eigenvalue weighted by atomic mass is 35.5. The molecule has 2 rings (SSSR count). The molecule has 1 saturated heterocycles. The van der Waals surface area contributed by atoms with Crippen molar-refractivity contribution in [1.82, 2.24) is 15.1 Å². The van der Waals surface area contributed by atoms with Gasteiger partial charge in [-0.2, -0.15) is 0 Å². The average Bonchev–Trinajstić information content (AvgIpc) is 2.87. The van der Waals surface area contributed by atoms with Crippen molar-refractivity contribution in [3.63, 3.8) is 0 Å². The molecule has 6 nitrogen and oxygen atoms in total. The van der Waals surface area contributed by atoms with Crippen LogP contribution in [0.1, 0.15) is 46.9 Å². The lowest BCUT2D eigenvalue weighted by atomic mass is 10.1. The summed E-state index contributed by atoms with van der Waals surface area (Å²) in [7, 11) is 0. The maximum atomic E-state index is 5.99. The van der Waals surface area contributed by atoms with Gasteiger partial charge in [0.1, 0.15) is 0 Å². The lowest BCUT2D eigenvalue weighted by molar-refractivity contribution is 0.130. The van der Waals surface area contributed by atoms with Crippen LogP contribution in [0.5, 0.6) is 0 Å². The molecule has 1 aromatic heterocycles. The molecular formula is C14H29Cl2N5O. The SMILES string of the molecule is CCC1CN(c2nnc(C(C)(C)N)o2)CCN1C(C)C.Cl.Cl. The third-order valence-electron chi connectivity index (χ3n) is 3.90. The Balaban J connectivity index is 0.00000220. The van der Waals surface area contributed by atoms with E-state index in [-0.39, 0.29) is 24.8 Å². The largest absolute Gasteiger partial charge is 0.406 e. The molecular weight excluding hydrogens is 325 g/mol. The van der Waals surface area contributed by atoms with Crippen molar-refractivity contribution in [3.05, 3.63) is 5.89 Å². The Morgan fingerprint density at radius 3 is 2.36 bits per heavy atom. The van der Waals surface area contributed by atoms with Gasteiger partial charge in [-0.15, -0.1) is 29.9 Å². The quantitative estimate of drug-likeness (QED) is 0.895. The van der Waals surface area contributed by atoms with Crippen LogP contribution in [-0.4, -0.2) is 46.8 Å². The highest BCUT2D eigenvalue weighted by Gasteiger charge is 2.31. The smallest absolute Gasteiger partial charge is 0.318 e. The summed E-state index contributed by atoms with van der Waals surface area (Å²) in [6.07, 6.45) is 1.12. The number of hydrogen-bond donors (Lipinski definition) is 1. The predicted molar refractivity (Wildman–Crippen MR) is 94.1 cm³/mol. The molecule has 8 heteroatoms. The van der Waals surface area contributed by atoms with Crippen molar-refractivity contribution in [3.8, 4) is 0 Å². The third-order valence-corrected chi connectivity index (χ3v) is 3.90. The monoisotopic (exact) mass is 353 g/mol. The second-order valence-electron chi connectivity index (χ2n) is 6.45. The Kier molecular flexibility index (Phi) is 8.12. The molecule has 130 valence electrons. The minimum atomic E-state index is -0.588. The van der Waals surface area contributed by atoms with Gasteiger partial charge in [0.2, 0.25) is 5.89 Å². The standard InChI is InChI=1S/C14H27N5O.2ClH/c1-6-11-9-18(7-8-19(11)10(2)3)13-17-16-12(20-13)14(4,5)15;;/h10-11H,6-9,15H2,1-5H3;2*1H.